The van der Waals surface area contributed by atoms with Gasteiger partial charge in [-0.05, 0) is 29.7 Å². The number of carbonyl (C=O) groups is 1. The molecule has 33 heavy (non-hydrogen) atoms. The topological polar surface area (TPSA) is 111 Å². The van der Waals surface area contributed by atoms with Crippen molar-refractivity contribution in [2.45, 2.75) is 58.1 Å². The van der Waals surface area contributed by atoms with Crippen LogP contribution in [-0.4, -0.2) is 12.5 Å². The van der Waals surface area contributed by atoms with E-state index < -0.39 is 20.5 Å². The summed E-state index contributed by atoms with van der Waals surface area (Å²) in [4.78, 5) is 34.3. The Labute approximate surface area is 240 Å². The summed E-state index contributed by atoms with van der Waals surface area (Å²) in [5.74, 6) is 0.347. The molecule has 0 heterocycles. The van der Waals surface area contributed by atoms with Gasteiger partial charge in [0, 0.05) is 6.42 Å². The number of unbranched alkanes of at least 4 members (excludes halogenated alkanes) is 4. The maximum absolute atomic E-state index is 12.4. The molecule has 0 saturated carbocycles. The normalized spacial score (nSPS) is 11.6. The number of hydrogen-bond acceptors (Lipinski definition) is 6. The summed E-state index contributed by atoms with van der Waals surface area (Å²) < 4.78 is 21.2. The van der Waals surface area contributed by atoms with Crippen molar-refractivity contribution in [1.29, 1.82) is 0 Å². The molecule has 2 rings (SSSR count). The van der Waals surface area contributed by atoms with Gasteiger partial charge in [0.1, 0.15) is 12.4 Å². The van der Waals surface area contributed by atoms with Gasteiger partial charge in [0.25, 0.3) is 0 Å². The molecule has 10 heteroatoms. The van der Waals surface area contributed by atoms with Crippen LogP contribution in [-0.2, 0) is 20.5 Å². The first-order valence-electron chi connectivity index (χ1n) is 10.6. The molecule has 0 fully saturated rings. The number of ether oxygens (including phenoxy) is 1. The molecule has 0 spiro atoms. The third kappa shape index (κ3) is 14.7. The van der Waals surface area contributed by atoms with Crippen molar-refractivity contribution in [2.24, 2.45) is 0 Å². The Morgan fingerprint density at radius 1 is 1.00 bits per heavy atom. The molecular formula is C23H30NNa2O6P. The Kier molecular flexibility index (Phi) is 18.0. The molecule has 0 radical (unpaired) electrons. The van der Waals surface area contributed by atoms with E-state index in [1.165, 1.54) is 0 Å². The van der Waals surface area contributed by atoms with Crippen LogP contribution < -0.4 is 79.0 Å². The van der Waals surface area contributed by atoms with Crippen molar-refractivity contribution in [2.75, 3.05) is 6.61 Å². The molecule has 2 aromatic rings. The second-order valence-electron chi connectivity index (χ2n) is 7.37. The Hall–Kier alpha value is -0.180. The van der Waals surface area contributed by atoms with E-state index in [4.69, 9.17) is 4.74 Å². The van der Waals surface area contributed by atoms with Crippen LogP contribution in [0.2, 0.25) is 0 Å². The van der Waals surface area contributed by atoms with E-state index in [2.05, 4.69) is 16.8 Å². The standard InChI is InChI=1S/C23H32NO6P.2Na/c1-2-3-4-5-9-15-23(25)24-22(18-30-31(26,27)28)20-13-10-14-21(16-20)29-17-19-11-7-6-8-12-19;;/h6-8,10-14,16,22H,2-5,9,15,17-18H2,1H3,(H,24,25)(H2,26,27,28);;/q;2*+1/p-2. The molecular weight excluding hydrogens is 463 g/mol. The first-order valence-corrected chi connectivity index (χ1v) is 12.1. The Morgan fingerprint density at radius 2 is 1.70 bits per heavy atom. The van der Waals surface area contributed by atoms with Crippen molar-refractivity contribution >= 4 is 13.7 Å². The number of rotatable bonds is 14. The van der Waals surface area contributed by atoms with Gasteiger partial charge in [0.2, 0.25) is 5.91 Å². The number of nitrogens with one attached hydrogen (secondary N) is 1. The molecule has 0 saturated heterocycles. The summed E-state index contributed by atoms with van der Waals surface area (Å²) in [5.41, 5.74) is 1.60. The fraction of sp³-hybridized carbons (Fsp3) is 0.435. The second kappa shape index (κ2) is 18.1. The van der Waals surface area contributed by atoms with E-state index in [9.17, 15) is 19.1 Å². The largest absolute Gasteiger partial charge is 1.00 e. The van der Waals surface area contributed by atoms with E-state index in [1.54, 1.807) is 24.3 Å². The van der Waals surface area contributed by atoms with Crippen LogP contribution in [0.3, 0.4) is 0 Å². The minimum absolute atomic E-state index is 0. The number of hydrogen-bond donors (Lipinski definition) is 1. The van der Waals surface area contributed by atoms with Crippen LogP contribution in [0, 0.1) is 0 Å². The SMILES string of the molecule is CCCCCCCC(=O)NC(COP(=O)([O-])[O-])c1cccc(OCc2ccccc2)c1.[Na+].[Na+]. The van der Waals surface area contributed by atoms with Crippen LogP contribution in [0.4, 0.5) is 0 Å². The van der Waals surface area contributed by atoms with Crippen molar-refractivity contribution in [3.8, 4) is 5.75 Å². The van der Waals surface area contributed by atoms with Crippen LogP contribution in [0.5, 0.6) is 5.75 Å². The van der Waals surface area contributed by atoms with Crippen LogP contribution in [0.1, 0.15) is 62.6 Å². The predicted molar refractivity (Wildman–Crippen MR) is 115 cm³/mol. The molecule has 2 aromatic carbocycles. The molecule has 0 bridgehead atoms. The Morgan fingerprint density at radius 3 is 2.36 bits per heavy atom. The maximum Gasteiger partial charge on any atom is 1.00 e. The zero-order chi connectivity index (χ0) is 22.5. The molecule has 1 amide bonds. The number of phosphoric ester groups is 1. The first-order chi connectivity index (χ1) is 14.9. The zero-order valence-electron chi connectivity index (χ0n) is 19.8. The molecule has 1 atom stereocenters. The zero-order valence-corrected chi connectivity index (χ0v) is 24.7. The van der Waals surface area contributed by atoms with E-state index in [0.29, 0.717) is 24.3 Å². The summed E-state index contributed by atoms with van der Waals surface area (Å²) in [5, 5.41) is 2.78. The first kappa shape index (κ1) is 32.8. The molecule has 1 unspecified atom stereocenters. The average Bonchev–Trinajstić information content (AvgIpc) is 2.75. The van der Waals surface area contributed by atoms with Crippen molar-refractivity contribution < 1.29 is 87.5 Å². The van der Waals surface area contributed by atoms with Crippen LogP contribution in [0.15, 0.2) is 54.6 Å². The minimum atomic E-state index is -5.16. The number of carbonyl (C=O) groups excluding carboxylic acids is 1. The van der Waals surface area contributed by atoms with E-state index in [0.717, 1.165) is 37.7 Å². The maximum atomic E-state index is 12.4. The quantitative estimate of drug-likeness (QED) is 0.179. The van der Waals surface area contributed by atoms with E-state index in [1.807, 2.05) is 30.3 Å². The molecule has 0 aliphatic heterocycles. The third-order valence-electron chi connectivity index (χ3n) is 4.75. The smallest absolute Gasteiger partial charge is 0.790 e. The van der Waals surface area contributed by atoms with Crippen LogP contribution >= 0.6 is 7.82 Å². The van der Waals surface area contributed by atoms with Crippen molar-refractivity contribution in [1.82, 2.24) is 5.32 Å². The Balaban J connectivity index is 0.00000512. The number of benzene rings is 2. The van der Waals surface area contributed by atoms with Crippen molar-refractivity contribution in [3.05, 3.63) is 65.7 Å². The fourth-order valence-electron chi connectivity index (χ4n) is 3.10. The summed E-state index contributed by atoms with van der Waals surface area (Å²) in [6.45, 7) is 2.03. The van der Waals surface area contributed by atoms with E-state index >= 15 is 0 Å². The monoisotopic (exact) mass is 493 g/mol. The summed E-state index contributed by atoms with van der Waals surface area (Å²) >= 11 is 0. The van der Waals surface area contributed by atoms with Gasteiger partial charge >= 0.3 is 59.1 Å². The van der Waals surface area contributed by atoms with Gasteiger partial charge in [-0.25, -0.2) is 0 Å². The molecule has 0 aliphatic carbocycles. The van der Waals surface area contributed by atoms with Gasteiger partial charge in [-0.2, -0.15) is 0 Å². The molecule has 1 N–H and O–H groups in total. The van der Waals surface area contributed by atoms with Gasteiger partial charge < -0.3 is 28.9 Å². The van der Waals surface area contributed by atoms with Gasteiger partial charge in [-0.3, -0.25) is 4.79 Å². The summed E-state index contributed by atoms with van der Waals surface area (Å²) in [7, 11) is -5.16. The molecule has 0 aromatic heterocycles. The second-order valence-corrected chi connectivity index (χ2v) is 8.53. The van der Waals surface area contributed by atoms with Crippen LogP contribution in [0.25, 0.3) is 0 Å². The fourth-order valence-corrected chi connectivity index (χ4v) is 3.44. The molecule has 7 nitrogen and oxygen atoms in total. The third-order valence-corrected chi connectivity index (χ3v) is 5.22. The summed E-state index contributed by atoms with van der Waals surface area (Å²) in [6, 6.07) is 15.8. The van der Waals surface area contributed by atoms with E-state index in [-0.39, 0.29) is 65.0 Å². The number of phosphoric acid groups is 1. The molecule has 0 aliphatic rings. The average molecular weight is 493 g/mol. The number of amides is 1. The van der Waals surface area contributed by atoms with Gasteiger partial charge in [-0.15, -0.1) is 0 Å². The minimum Gasteiger partial charge on any atom is -0.790 e. The Bertz CT molecular complexity index is 850. The predicted octanol–water partition coefficient (Wildman–Crippen LogP) is -2.36. The van der Waals surface area contributed by atoms with Gasteiger partial charge in [0.05, 0.1) is 20.5 Å². The van der Waals surface area contributed by atoms with Gasteiger partial charge in [0.15, 0.2) is 0 Å². The van der Waals surface area contributed by atoms with Crippen molar-refractivity contribution in [3.63, 3.8) is 0 Å². The molecule has 170 valence electrons. The summed E-state index contributed by atoms with van der Waals surface area (Å²) in [6.07, 6.45) is 5.38. The van der Waals surface area contributed by atoms with Gasteiger partial charge in [-0.1, -0.05) is 75.1 Å².